The molecule has 1 saturated heterocycles. The molecule has 31 heavy (non-hydrogen) atoms. The van der Waals surface area contributed by atoms with E-state index in [4.69, 9.17) is 18.9 Å². The maximum atomic E-state index is 12.9. The van der Waals surface area contributed by atoms with Crippen LogP contribution in [0.5, 0.6) is 17.2 Å². The van der Waals surface area contributed by atoms with E-state index in [1.807, 2.05) is 6.07 Å². The highest BCUT2D eigenvalue weighted by Crippen LogP contribution is 2.46. The van der Waals surface area contributed by atoms with Crippen LogP contribution in [-0.2, 0) is 16.0 Å². The molecule has 0 radical (unpaired) electrons. The monoisotopic (exact) mass is 435 g/mol. The van der Waals surface area contributed by atoms with E-state index < -0.39 is 6.61 Å². The third-order valence-electron chi connectivity index (χ3n) is 5.39. The molecule has 0 bridgehead atoms. The molecule has 9 heteroatoms. The molecule has 1 amide bonds. The maximum absolute atomic E-state index is 12.9. The van der Waals surface area contributed by atoms with Crippen LogP contribution in [0.25, 0.3) is 11.1 Å². The largest absolute Gasteiger partial charge is 0.490 e. The molecule has 2 aliphatic heterocycles. The second-order valence-corrected chi connectivity index (χ2v) is 7.62. The maximum Gasteiger partial charge on any atom is 0.387 e. The number of rotatable bonds is 9. The Morgan fingerprint density at radius 3 is 2.52 bits per heavy atom. The molecule has 4 rings (SSSR count). The van der Waals surface area contributed by atoms with Crippen molar-refractivity contribution in [2.45, 2.75) is 13.2 Å². The predicted molar refractivity (Wildman–Crippen MR) is 107 cm³/mol. The Bertz CT molecular complexity index is 977. The molecule has 0 saturated carbocycles. The second kappa shape index (κ2) is 8.68. The summed E-state index contributed by atoms with van der Waals surface area (Å²) in [6, 6.07) is 8.46. The van der Waals surface area contributed by atoms with Gasteiger partial charge in [0.15, 0.2) is 11.5 Å². The Kier molecular flexibility index (Phi) is 5.97. The van der Waals surface area contributed by atoms with E-state index >= 15 is 0 Å². The summed E-state index contributed by atoms with van der Waals surface area (Å²) in [4.78, 5) is 11.9. The van der Waals surface area contributed by atoms with Crippen LogP contribution in [0.3, 0.4) is 0 Å². The van der Waals surface area contributed by atoms with Crippen molar-refractivity contribution in [3.63, 3.8) is 0 Å². The van der Waals surface area contributed by atoms with Crippen LogP contribution in [0.2, 0.25) is 0 Å². The molecule has 0 unspecified atom stereocenters. The van der Waals surface area contributed by atoms with Crippen LogP contribution in [0.4, 0.5) is 8.78 Å². The standard InChI is InChI=1S/C22H23F2NO6/c1-27-9-22(10-29-11-22)12-30-18-15(5-6-17(19(18)28-2)31-21(23)24)13-3-4-16-14(7-13)8-25-20(16)26/h3-7,21H,8-12H2,1-2H3,(H,25,26). The zero-order valence-corrected chi connectivity index (χ0v) is 17.2. The first kappa shape index (κ1) is 21.3. The summed E-state index contributed by atoms with van der Waals surface area (Å²) in [5, 5.41) is 2.78. The summed E-state index contributed by atoms with van der Waals surface area (Å²) in [5.41, 5.74) is 2.53. The molecule has 0 aromatic heterocycles. The van der Waals surface area contributed by atoms with Crippen molar-refractivity contribution in [3.8, 4) is 28.4 Å². The Labute approximate surface area is 178 Å². The van der Waals surface area contributed by atoms with Crippen molar-refractivity contribution in [2.24, 2.45) is 5.41 Å². The molecule has 166 valence electrons. The van der Waals surface area contributed by atoms with Crippen LogP contribution in [0.15, 0.2) is 30.3 Å². The molecule has 0 atom stereocenters. The van der Waals surface area contributed by atoms with Crippen molar-refractivity contribution in [1.29, 1.82) is 0 Å². The predicted octanol–water partition coefficient (Wildman–Crippen LogP) is 3.25. The van der Waals surface area contributed by atoms with Crippen molar-refractivity contribution in [1.82, 2.24) is 5.32 Å². The summed E-state index contributed by atoms with van der Waals surface area (Å²) >= 11 is 0. The van der Waals surface area contributed by atoms with E-state index in [0.29, 0.717) is 37.5 Å². The van der Waals surface area contributed by atoms with Crippen LogP contribution >= 0.6 is 0 Å². The third-order valence-corrected chi connectivity index (χ3v) is 5.39. The first-order valence-electron chi connectivity index (χ1n) is 9.73. The number of halogens is 2. The summed E-state index contributed by atoms with van der Waals surface area (Å²) in [6.45, 7) is -0.963. The number of nitrogens with one attached hydrogen (secondary N) is 1. The van der Waals surface area contributed by atoms with Crippen molar-refractivity contribution in [2.75, 3.05) is 40.6 Å². The van der Waals surface area contributed by atoms with Crippen LogP contribution in [0.1, 0.15) is 15.9 Å². The van der Waals surface area contributed by atoms with Gasteiger partial charge in [-0.2, -0.15) is 8.78 Å². The highest BCUT2D eigenvalue weighted by Gasteiger charge is 2.40. The number of fused-ring (bicyclic) bond motifs is 1. The summed E-state index contributed by atoms with van der Waals surface area (Å²) in [5.74, 6) is 0.100. The smallest absolute Gasteiger partial charge is 0.387 e. The Morgan fingerprint density at radius 2 is 1.87 bits per heavy atom. The average molecular weight is 435 g/mol. The molecule has 1 N–H and O–H groups in total. The molecule has 2 aromatic rings. The Balaban J connectivity index is 1.74. The van der Waals surface area contributed by atoms with Gasteiger partial charge in [0.1, 0.15) is 6.61 Å². The zero-order chi connectivity index (χ0) is 22.0. The topological polar surface area (TPSA) is 75.3 Å². The first-order valence-corrected chi connectivity index (χ1v) is 9.73. The van der Waals surface area contributed by atoms with Gasteiger partial charge in [-0.1, -0.05) is 6.07 Å². The number of hydrogen-bond acceptors (Lipinski definition) is 6. The van der Waals surface area contributed by atoms with E-state index in [1.165, 1.54) is 13.2 Å². The lowest BCUT2D eigenvalue weighted by Crippen LogP contribution is -2.50. The number of benzene rings is 2. The lowest BCUT2D eigenvalue weighted by Gasteiger charge is -2.40. The summed E-state index contributed by atoms with van der Waals surface area (Å²) in [6.07, 6.45) is 0. The van der Waals surface area contributed by atoms with E-state index in [9.17, 15) is 13.6 Å². The second-order valence-electron chi connectivity index (χ2n) is 7.62. The van der Waals surface area contributed by atoms with Gasteiger partial charge < -0.3 is 29.0 Å². The molecule has 0 aliphatic carbocycles. The molecule has 0 spiro atoms. The van der Waals surface area contributed by atoms with Gasteiger partial charge in [0.2, 0.25) is 5.75 Å². The number of alkyl halides is 2. The SMILES string of the molecule is COCC1(COc2c(-c3ccc4c(c3)CNC4=O)ccc(OC(F)F)c2OC)COC1. The zero-order valence-electron chi connectivity index (χ0n) is 17.2. The average Bonchev–Trinajstić information content (AvgIpc) is 3.09. The molecule has 7 nitrogen and oxygen atoms in total. The lowest BCUT2D eigenvalue weighted by atomic mass is 9.88. The van der Waals surface area contributed by atoms with Gasteiger partial charge in [0, 0.05) is 24.8 Å². The molecule has 2 aliphatic rings. The van der Waals surface area contributed by atoms with Gasteiger partial charge >= 0.3 is 6.61 Å². The van der Waals surface area contributed by atoms with Crippen molar-refractivity contribution < 1.29 is 37.3 Å². The van der Waals surface area contributed by atoms with Gasteiger partial charge in [-0.25, -0.2) is 0 Å². The fraction of sp³-hybridized carbons (Fsp3) is 0.409. The van der Waals surface area contributed by atoms with E-state index in [1.54, 1.807) is 25.3 Å². The molecular formula is C22H23F2NO6. The minimum Gasteiger partial charge on any atom is -0.490 e. The minimum absolute atomic E-state index is 0.0697. The van der Waals surface area contributed by atoms with Gasteiger partial charge in [0.25, 0.3) is 5.91 Å². The fourth-order valence-corrected chi connectivity index (χ4v) is 3.83. The van der Waals surface area contributed by atoms with Gasteiger partial charge in [0.05, 0.1) is 32.3 Å². The molecule has 1 fully saturated rings. The third kappa shape index (κ3) is 4.15. The normalized spacial score (nSPS) is 16.5. The fourth-order valence-electron chi connectivity index (χ4n) is 3.83. The van der Waals surface area contributed by atoms with Crippen LogP contribution in [0, 0.1) is 5.41 Å². The Morgan fingerprint density at radius 1 is 1.10 bits per heavy atom. The molecule has 2 heterocycles. The van der Waals surface area contributed by atoms with E-state index in [-0.39, 0.29) is 35.2 Å². The van der Waals surface area contributed by atoms with E-state index in [0.717, 1.165) is 11.1 Å². The Hall–Kier alpha value is -2.91. The first-order chi connectivity index (χ1) is 15.0. The number of methoxy groups -OCH3 is 2. The number of ether oxygens (including phenoxy) is 5. The number of carbonyl (C=O) groups is 1. The van der Waals surface area contributed by atoms with Crippen molar-refractivity contribution in [3.05, 3.63) is 41.5 Å². The van der Waals surface area contributed by atoms with Gasteiger partial charge in [-0.15, -0.1) is 0 Å². The number of hydrogen-bond donors (Lipinski definition) is 1. The number of amides is 1. The lowest BCUT2D eigenvalue weighted by molar-refractivity contribution is -0.159. The summed E-state index contributed by atoms with van der Waals surface area (Å²) < 4.78 is 52.7. The van der Waals surface area contributed by atoms with E-state index in [2.05, 4.69) is 10.1 Å². The number of carbonyl (C=O) groups excluding carboxylic acids is 1. The molecular weight excluding hydrogens is 412 g/mol. The van der Waals surface area contributed by atoms with Crippen LogP contribution in [-0.4, -0.2) is 53.2 Å². The van der Waals surface area contributed by atoms with Gasteiger partial charge in [-0.3, -0.25) is 4.79 Å². The summed E-state index contributed by atoms with van der Waals surface area (Å²) in [7, 11) is 2.97. The highest BCUT2D eigenvalue weighted by atomic mass is 19.3. The quantitative estimate of drug-likeness (QED) is 0.652. The van der Waals surface area contributed by atoms with Crippen molar-refractivity contribution >= 4 is 5.91 Å². The minimum atomic E-state index is -3.01. The van der Waals surface area contributed by atoms with Crippen LogP contribution < -0.4 is 19.5 Å². The highest BCUT2D eigenvalue weighted by molar-refractivity contribution is 5.99. The van der Waals surface area contributed by atoms with Gasteiger partial charge in [-0.05, 0) is 35.4 Å². The molecule has 2 aromatic carbocycles.